The van der Waals surface area contributed by atoms with Gasteiger partial charge in [0.1, 0.15) is 11.4 Å². The number of benzene rings is 1. The van der Waals surface area contributed by atoms with Crippen LogP contribution in [0.2, 0.25) is 0 Å². The number of sulfonamides is 1. The summed E-state index contributed by atoms with van der Waals surface area (Å²) in [4.78, 5) is 13.2. The van der Waals surface area contributed by atoms with Crippen molar-refractivity contribution in [3.63, 3.8) is 0 Å². The van der Waals surface area contributed by atoms with Crippen molar-refractivity contribution in [3.05, 3.63) is 30.0 Å². The van der Waals surface area contributed by atoms with Crippen LogP contribution in [-0.4, -0.2) is 54.6 Å². The molecule has 1 saturated heterocycles. The normalized spacial score (nSPS) is 16.1. The fraction of sp³-hybridized carbons (Fsp3) is 0.444. The molecule has 0 spiro atoms. The molecular formula is C18H24N4O5S. The molecule has 152 valence electrons. The lowest BCUT2D eigenvalue weighted by molar-refractivity contribution is 0.209. The summed E-state index contributed by atoms with van der Waals surface area (Å²) in [7, 11) is -3.47. The summed E-state index contributed by atoms with van der Waals surface area (Å²) < 4.78 is 33.2. The lowest BCUT2D eigenvalue weighted by Gasteiger charge is -2.30. The number of hydrogen-bond acceptors (Lipinski definition) is 6. The van der Waals surface area contributed by atoms with Gasteiger partial charge in [-0.15, -0.1) is 0 Å². The number of rotatable bonds is 6. The first-order valence-corrected chi connectivity index (χ1v) is 10.7. The number of aryl methyl sites for hydroxylation is 1. The molecule has 0 unspecified atom stereocenters. The molecule has 3 rings (SSSR count). The van der Waals surface area contributed by atoms with E-state index in [4.69, 9.17) is 9.63 Å². The lowest BCUT2D eigenvalue weighted by Crippen LogP contribution is -2.41. The molecule has 0 saturated carbocycles. The average Bonchev–Trinajstić information content (AvgIpc) is 3.02. The van der Waals surface area contributed by atoms with Crippen LogP contribution in [0.4, 0.5) is 16.2 Å². The number of carbonyl (C=O) groups is 1. The lowest BCUT2D eigenvalue weighted by atomic mass is 10.1. The molecule has 10 heteroatoms. The number of nitrogens with one attached hydrogen (secondary N) is 2. The number of nitrogens with zero attached hydrogens (tertiary/aromatic N) is 2. The van der Waals surface area contributed by atoms with E-state index in [1.54, 1.807) is 31.2 Å². The predicted octanol–water partition coefficient (Wildman–Crippen LogP) is 2.97. The molecule has 2 heterocycles. The topological polar surface area (TPSA) is 125 Å². The van der Waals surface area contributed by atoms with Crippen LogP contribution in [0.1, 0.15) is 25.5 Å². The summed E-state index contributed by atoms with van der Waals surface area (Å²) in [6.45, 7) is 6.20. The number of likely N-dealkylation sites (tertiary alicyclic amines) is 1. The number of piperidine rings is 1. The Morgan fingerprint density at radius 2 is 1.93 bits per heavy atom. The highest BCUT2D eigenvalue weighted by Gasteiger charge is 2.29. The highest BCUT2D eigenvalue weighted by molar-refractivity contribution is 7.93. The van der Waals surface area contributed by atoms with Crippen molar-refractivity contribution in [1.29, 1.82) is 0 Å². The van der Waals surface area contributed by atoms with Gasteiger partial charge < -0.3 is 14.5 Å². The largest absolute Gasteiger partial charge is 0.465 e. The first-order chi connectivity index (χ1) is 13.3. The van der Waals surface area contributed by atoms with Crippen molar-refractivity contribution >= 4 is 27.5 Å². The number of aromatic nitrogens is 1. The molecule has 0 atom stereocenters. The fourth-order valence-corrected chi connectivity index (χ4v) is 4.76. The number of carboxylic acid groups (broad SMARTS) is 1. The number of amides is 1. The van der Waals surface area contributed by atoms with Crippen LogP contribution >= 0.6 is 0 Å². The summed E-state index contributed by atoms with van der Waals surface area (Å²) in [5.74, 6) is 0.279. The summed E-state index contributed by atoms with van der Waals surface area (Å²) >= 11 is 0. The van der Waals surface area contributed by atoms with Crippen molar-refractivity contribution in [2.75, 3.05) is 29.7 Å². The van der Waals surface area contributed by atoms with Gasteiger partial charge in [-0.25, -0.2) is 13.2 Å². The molecule has 0 aliphatic carbocycles. The molecule has 1 aromatic heterocycles. The molecule has 0 bridgehead atoms. The second-order valence-corrected chi connectivity index (χ2v) is 8.72. The summed E-state index contributed by atoms with van der Waals surface area (Å²) in [6.07, 6.45) is 0.0112. The van der Waals surface area contributed by atoms with Gasteiger partial charge in [-0.05, 0) is 63.7 Å². The number of anilines is 2. The maximum atomic E-state index is 12.7. The second-order valence-electron chi connectivity index (χ2n) is 6.76. The quantitative estimate of drug-likeness (QED) is 0.671. The Hall–Kier alpha value is -2.59. The molecule has 0 radical (unpaired) electrons. The first kappa shape index (κ1) is 20.2. The van der Waals surface area contributed by atoms with Crippen LogP contribution in [0, 0.1) is 6.92 Å². The molecule has 3 N–H and O–H groups in total. The van der Waals surface area contributed by atoms with Gasteiger partial charge in [0.2, 0.25) is 10.0 Å². The molecule has 28 heavy (non-hydrogen) atoms. The van der Waals surface area contributed by atoms with Crippen molar-refractivity contribution in [2.24, 2.45) is 0 Å². The third-order valence-corrected chi connectivity index (χ3v) is 6.79. The van der Waals surface area contributed by atoms with Crippen LogP contribution in [0.25, 0.3) is 11.3 Å². The van der Waals surface area contributed by atoms with E-state index in [9.17, 15) is 13.2 Å². The minimum absolute atomic E-state index is 0.267. The Morgan fingerprint density at radius 1 is 1.29 bits per heavy atom. The third kappa shape index (κ3) is 4.45. The van der Waals surface area contributed by atoms with Gasteiger partial charge >= 0.3 is 6.09 Å². The molecule has 1 fully saturated rings. The van der Waals surface area contributed by atoms with E-state index < -0.39 is 21.4 Å². The van der Waals surface area contributed by atoms with Crippen molar-refractivity contribution in [1.82, 2.24) is 10.1 Å². The summed E-state index contributed by atoms with van der Waals surface area (Å²) in [5.41, 5.74) is 1.72. The minimum atomic E-state index is -3.47. The van der Waals surface area contributed by atoms with E-state index in [-0.39, 0.29) is 11.4 Å². The van der Waals surface area contributed by atoms with E-state index in [1.165, 1.54) is 0 Å². The highest BCUT2D eigenvalue weighted by Crippen LogP contribution is 2.32. The minimum Gasteiger partial charge on any atom is -0.465 e. The van der Waals surface area contributed by atoms with Gasteiger partial charge in [0.15, 0.2) is 5.76 Å². The van der Waals surface area contributed by atoms with Gasteiger partial charge in [-0.3, -0.25) is 10.0 Å². The molecule has 1 aliphatic rings. The standard InChI is InChI=1S/C18H24N4O5S/c1-3-22-10-8-15(9-11-22)28(25,26)21-14-6-4-13(5-7-14)17-16(19-18(23)24)12(2)20-27-17/h4-7,15,19,21H,3,8-11H2,1-2H3,(H,23,24). The Kier molecular flexibility index (Phi) is 5.90. The van der Waals surface area contributed by atoms with Crippen molar-refractivity contribution in [3.8, 4) is 11.3 Å². The van der Waals surface area contributed by atoms with Crippen molar-refractivity contribution in [2.45, 2.75) is 31.9 Å². The summed E-state index contributed by atoms with van der Waals surface area (Å²) in [5, 5.41) is 14.6. The Morgan fingerprint density at radius 3 is 2.50 bits per heavy atom. The molecule has 1 amide bonds. The monoisotopic (exact) mass is 408 g/mol. The molecule has 1 aliphatic heterocycles. The SMILES string of the molecule is CCN1CCC(S(=O)(=O)Nc2ccc(-c3onc(C)c3NC(=O)O)cc2)CC1. The van der Waals surface area contributed by atoms with Gasteiger partial charge in [-0.1, -0.05) is 12.1 Å². The third-order valence-electron chi connectivity index (χ3n) is 4.92. The van der Waals surface area contributed by atoms with Gasteiger partial charge in [0.05, 0.1) is 5.25 Å². The molecular weight excluding hydrogens is 384 g/mol. The Balaban J connectivity index is 1.72. The zero-order valence-electron chi connectivity index (χ0n) is 15.8. The maximum absolute atomic E-state index is 12.7. The Bertz CT molecular complexity index is 931. The highest BCUT2D eigenvalue weighted by atomic mass is 32.2. The predicted molar refractivity (Wildman–Crippen MR) is 106 cm³/mol. The van der Waals surface area contributed by atoms with Gasteiger partial charge in [-0.2, -0.15) is 0 Å². The van der Waals surface area contributed by atoms with Crippen molar-refractivity contribution < 1.29 is 22.8 Å². The van der Waals surface area contributed by atoms with Crippen LogP contribution < -0.4 is 10.0 Å². The van der Waals surface area contributed by atoms with E-state index >= 15 is 0 Å². The van der Waals surface area contributed by atoms with Gasteiger partial charge in [0, 0.05) is 11.3 Å². The zero-order chi connectivity index (χ0) is 20.3. The molecule has 9 nitrogen and oxygen atoms in total. The fourth-order valence-electron chi connectivity index (χ4n) is 3.29. The summed E-state index contributed by atoms with van der Waals surface area (Å²) in [6, 6.07) is 6.56. The maximum Gasteiger partial charge on any atom is 0.409 e. The second kappa shape index (κ2) is 8.19. The first-order valence-electron chi connectivity index (χ1n) is 9.10. The molecule has 1 aromatic carbocycles. The van der Waals surface area contributed by atoms with Crippen LogP contribution in [0.3, 0.4) is 0 Å². The zero-order valence-corrected chi connectivity index (χ0v) is 16.6. The number of hydrogen-bond donors (Lipinski definition) is 3. The van der Waals surface area contributed by atoms with E-state index in [1.807, 2.05) is 0 Å². The molecule has 2 aromatic rings. The van der Waals surface area contributed by atoms with Gasteiger partial charge in [0.25, 0.3) is 0 Å². The van der Waals surface area contributed by atoms with E-state index in [0.717, 1.165) is 19.6 Å². The average molecular weight is 408 g/mol. The van der Waals surface area contributed by atoms with Crippen LogP contribution in [0.15, 0.2) is 28.8 Å². The van der Waals surface area contributed by atoms with E-state index in [0.29, 0.717) is 29.8 Å². The Labute approximate surface area is 163 Å². The van der Waals surface area contributed by atoms with Crippen LogP contribution in [-0.2, 0) is 10.0 Å². The van der Waals surface area contributed by atoms with Crippen LogP contribution in [0.5, 0.6) is 0 Å². The smallest absolute Gasteiger partial charge is 0.409 e. The van der Waals surface area contributed by atoms with E-state index in [2.05, 4.69) is 27.0 Å².